The summed E-state index contributed by atoms with van der Waals surface area (Å²) in [7, 11) is 0. The molecule has 1 N–H and O–H groups in total. The standard InChI is InChI=1S/C21H21NO3S2/c23-19(15-25-20(24)12-4-9-17-10-5-13-26-17)22-21(18-11-6-14-27-18)16-7-2-1-3-8-16/h1-3,5-8,10-11,13-14,21H,4,9,12,15H2,(H,22,23)/t21-/m1/s1. The summed E-state index contributed by atoms with van der Waals surface area (Å²) in [5.41, 5.74) is 0.996. The van der Waals surface area contributed by atoms with Crippen molar-refractivity contribution < 1.29 is 14.3 Å². The van der Waals surface area contributed by atoms with Crippen LogP contribution in [0.2, 0.25) is 0 Å². The highest BCUT2D eigenvalue weighted by atomic mass is 32.1. The Labute approximate surface area is 166 Å². The lowest BCUT2D eigenvalue weighted by Crippen LogP contribution is -2.32. The van der Waals surface area contributed by atoms with Gasteiger partial charge in [0, 0.05) is 16.2 Å². The molecule has 0 aliphatic carbocycles. The number of hydrogen-bond acceptors (Lipinski definition) is 5. The molecule has 0 saturated heterocycles. The second kappa shape index (κ2) is 10.0. The Morgan fingerprint density at radius 2 is 1.74 bits per heavy atom. The van der Waals surface area contributed by atoms with Gasteiger partial charge in [-0.2, -0.15) is 0 Å². The summed E-state index contributed by atoms with van der Waals surface area (Å²) in [5, 5.41) is 6.97. The molecule has 0 spiro atoms. The molecule has 1 atom stereocenters. The number of carbonyl (C=O) groups is 2. The zero-order chi connectivity index (χ0) is 18.9. The van der Waals surface area contributed by atoms with Gasteiger partial charge in [0.2, 0.25) is 0 Å². The minimum absolute atomic E-state index is 0.240. The van der Waals surface area contributed by atoms with E-state index < -0.39 is 0 Å². The molecule has 1 aromatic carbocycles. The number of benzene rings is 1. The van der Waals surface area contributed by atoms with Crippen LogP contribution in [0.5, 0.6) is 0 Å². The number of hydrogen-bond donors (Lipinski definition) is 1. The predicted molar refractivity (Wildman–Crippen MR) is 109 cm³/mol. The lowest BCUT2D eigenvalue weighted by Gasteiger charge is -2.18. The maximum Gasteiger partial charge on any atom is 0.306 e. The normalized spacial score (nSPS) is 11.7. The quantitative estimate of drug-likeness (QED) is 0.536. The van der Waals surface area contributed by atoms with Crippen LogP contribution in [0.3, 0.4) is 0 Å². The van der Waals surface area contributed by atoms with Gasteiger partial charge in [-0.1, -0.05) is 42.5 Å². The van der Waals surface area contributed by atoms with E-state index >= 15 is 0 Å². The van der Waals surface area contributed by atoms with E-state index in [9.17, 15) is 9.59 Å². The highest BCUT2D eigenvalue weighted by Crippen LogP contribution is 2.25. The van der Waals surface area contributed by atoms with E-state index in [1.165, 1.54) is 4.88 Å². The fourth-order valence-corrected chi connectivity index (χ4v) is 4.26. The first-order valence-electron chi connectivity index (χ1n) is 8.78. The summed E-state index contributed by atoms with van der Waals surface area (Å²) in [4.78, 5) is 26.5. The number of carbonyl (C=O) groups excluding carboxylic acids is 2. The van der Waals surface area contributed by atoms with Gasteiger partial charge < -0.3 is 10.1 Å². The molecule has 0 saturated carbocycles. The molecule has 27 heavy (non-hydrogen) atoms. The molecule has 0 bridgehead atoms. The van der Waals surface area contributed by atoms with Crippen LogP contribution in [-0.4, -0.2) is 18.5 Å². The second-order valence-electron chi connectivity index (χ2n) is 6.02. The molecule has 0 fully saturated rings. The van der Waals surface area contributed by atoms with Crippen molar-refractivity contribution in [2.24, 2.45) is 0 Å². The average molecular weight is 400 g/mol. The van der Waals surface area contributed by atoms with Crippen LogP contribution in [0.15, 0.2) is 65.4 Å². The molecule has 140 valence electrons. The molecule has 1 amide bonds. The third-order valence-corrected chi connectivity index (χ3v) is 5.89. The van der Waals surface area contributed by atoms with Crippen LogP contribution < -0.4 is 5.32 Å². The third kappa shape index (κ3) is 6.05. The second-order valence-corrected chi connectivity index (χ2v) is 8.03. The summed E-state index contributed by atoms with van der Waals surface area (Å²) in [6, 6.07) is 17.5. The van der Waals surface area contributed by atoms with Crippen LogP contribution in [0.1, 0.15) is 34.2 Å². The van der Waals surface area contributed by atoms with Crippen molar-refractivity contribution in [3.8, 4) is 0 Å². The number of aryl methyl sites for hydroxylation is 1. The van der Waals surface area contributed by atoms with Crippen LogP contribution in [0.4, 0.5) is 0 Å². The Balaban J connectivity index is 1.47. The topological polar surface area (TPSA) is 55.4 Å². The van der Waals surface area contributed by atoms with E-state index in [2.05, 4.69) is 11.4 Å². The van der Waals surface area contributed by atoms with Crippen molar-refractivity contribution in [1.29, 1.82) is 0 Å². The zero-order valence-corrected chi connectivity index (χ0v) is 16.4. The number of rotatable bonds is 9. The molecule has 0 radical (unpaired) electrons. The smallest absolute Gasteiger partial charge is 0.306 e. The van der Waals surface area contributed by atoms with Gasteiger partial charge in [0.15, 0.2) is 6.61 Å². The molecule has 0 aliphatic rings. The van der Waals surface area contributed by atoms with Gasteiger partial charge in [0.1, 0.15) is 0 Å². The lowest BCUT2D eigenvalue weighted by molar-refractivity contribution is -0.148. The largest absolute Gasteiger partial charge is 0.456 e. The van der Waals surface area contributed by atoms with E-state index in [-0.39, 0.29) is 24.5 Å². The van der Waals surface area contributed by atoms with Crippen molar-refractivity contribution in [2.75, 3.05) is 6.61 Å². The minimum Gasteiger partial charge on any atom is -0.456 e. The molecule has 3 aromatic rings. The maximum atomic E-state index is 12.3. The number of amides is 1. The van der Waals surface area contributed by atoms with Gasteiger partial charge in [-0.15, -0.1) is 22.7 Å². The molecule has 0 aliphatic heterocycles. The van der Waals surface area contributed by atoms with Crippen LogP contribution in [-0.2, 0) is 20.7 Å². The number of ether oxygens (including phenoxy) is 1. The Hall–Kier alpha value is -2.44. The molecule has 2 aromatic heterocycles. The van der Waals surface area contributed by atoms with Gasteiger partial charge >= 0.3 is 5.97 Å². The molecule has 4 nitrogen and oxygen atoms in total. The molecule has 0 unspecified atom stereocenters. The summed E-state index contributed by atoms with van der Waals surface area (Å²) in [6.07, 6.45) is 1.90. The van der Waals surface area contributed by atoms with Gasteiger partial charge in [-0.25, -0.2) is 0 Å². The summed E-state index contributed by atoms with van der Waals surface area (Å²) < 4.78 is 5.13. The number of thiophene rings is 2. The van der Waals surface area contributed by atoms with E-state index in [0.717, 1.165) is 23.3 Å². The van der Waals surface area contributed by atoms with Gasteiger partial charge in [0.05, 0.1) is 6.04 Å². The predicted octanol–water partition coefficient (Wildman–Crippen LogP) is 4.58. The Morgan fingerprint density at radius 1 is 0.963 bits per heavy atom. The Morgan fingerprint density at radius 3 is 2.44 bits per heavy atom. The van der Waals surface area contributed by atoms with Gasteiger partial charge in [-0.3, -0.25) is 9.59 Å². The Kier molecular flexibility index (Phi) is 7.19. The molecule has 3 rings (SSSR count). The summed E-state index contributed by atoms with van der Waals surface area (Å²) >= 11 is 3.26. The van der Waals surface area contributed by atoms with Gasteiger partial charge in [0.25, 0.3) is 5.91 Å². The number of esters is 1. The highest BCUT2D eigenvalue weighted by molar-refractivity contribution is 7.10. The fourth-order valence-electron chi connectivity index (χ4n) is 2.70. The van der Waals surface area contributed by atoms with E-state index in [4.69, 9.17) is 4.74 Å². The van der Waals surface area contributed by atoms with Crippen molar-refractivity contribution in [3.63, 3.8) is 0 Å². The van der Waals surface area contributed by atoms with E-state index in [1.54, 1.807) is 22.7 Å². The molecular formula is C21H21NO3S2. The van der Waals surface area contributed by atoms with Crippen LogP contribution in [0.25, 0.3) is 0 Å². The highest BCUT2D eigenvalue weighted by Gasteiger charge is 2.18. The SMILES string of the molecule is O=C(COC(=O)CCCc1cccs1)N[C@H](c1ccccc1)c1cccs1. The first-order chi connectivity index (χ1) is 13.2. The van der Waals surface area contributed by atoms with Crippen molar-refractivity contribution in [1.82, 2.24) is 5.32 Å². The van der Waals surface area contributed by atoms with Crippen molar-refractivity contribution in [2.45, 2.75) is 25.3 Å². The first-order valence-corrected chi connectivity index (χ1v) is 10.5. The maximum absolute atomic E-state index is 12.3. The van der Waals surface area contributed by atoms with E-state index in [1.807, 2.05) is 59.3 Å². The summed E-state index contributed by atoms with van der Waals surface area (Å²) in [5.74, 6) is -0.641. The fraction of sp³-hybridized carbons (Fsp3) is 0.238. The molecular weight excluding hydrogens is 378 g/mol. The monoisotopic (exact) mass is 399 g/mol. The lowest BCUT2D eigenvalue weighted by atomic mass is 10.1. The average Bonchev–Trinajstić information content (AvgIpc) is 3.39. The van der Waals surface area contributed by atoms with Gasteiger partial charge in [-0.05, 0) is 41.3 Å². The first kappa shape index (κ1) is 19.3. The van der Waals surface area contributed by atoms with Crippen molar-refractivity contribution >= 4 is 34.6 Å². The van der Waals surface area contributed by atoms with Crippen LogP contribution in [0, 0.1) is 0 Å². The number of nitrogens with one attached hydrogen (secondary N) is 1. The van der Waals surface area contributed by atoms with E-state index in [0.29, 0.717) is 6.42 Å². The zero-order valence-electron chi connectivity index (χ0n) is 14.8. The van der Waals surface area contributed by atoms with Crippen molar-refractivity contribution in [3.05, 3.63) is 80.7 Å². The Bertz CT molecular complexity index is 830. The molecule has 2 heterocycles. The van der Waals surface area contributed by atoms with Crippen LogP contribution >= 0.6 is 22.7 Å². The third-order valence-electron chi connectivity index (χ3n) is 4.01. The molecule has 6 heteroatoms. The minimum atomic E-state index is -0.339. The summed E-state index contributed by atoms with van der Waals surface area (Å²) in [6.45, 7) is -0.257.